The molecule has 1 aromatic rings. The van der Waals surface area contributed by atoms with E-state index in [1.54, 1.807) is 0 Å². The quantitative estimate of drug-likeness (QED) is 0.717. The minimum atomic E-state index is 0.637. The lowest BCUT2D eigenvalue weighted by molar-refractivity contribution is 0.237. The van der Waals surface area contributed by atoms with Gasteiger partial charge < -0.3 is 0 Å². The van der Waals surface area contributed by atoms with Gasteiger partial charge in [-0.15, -0.1) is 11.5 Å². The third-order valence-corrected chi connectivity index (χ3v) is 4.00. The molecule has 1 aliphatic rings. The van der Waals surface area contributed by atoms with Gasteiger partial charge >= 0.3 is 0 Å². The van der Waals surface area contributed by atoms with E-state index in [1.807, 2.05) is 17.1 Å². The molecule has 3 nitrogen and oxygen atoms in total. The van der Waals surface area contributed by atoms with Crippen LogP contribution in [0.25, 0.3) is 0 Å². The molecule has 0 saturated carbocycles. The molecule has 0 N–H and O–H groups in total. The molecule has 1 aromatic heterocycles. The first-order chi connectivity index (χ1) is 6.90. The van der Waals surface area contributed by atoms with E-state index in [2.05, 4.69) is 20.4 Å². The SMILES string of the molecule is C#CCN(Cc1csnn1)C1CSC1. The lowest BCUT2D eigenvalue weighted by Gasteiger charge is -2.35. The predicted octanol–water partition coefficient (Wildman–Crippen LogP) is 1.09. The summed E-state index contributed by atoms with van der Waals surface area (Å²) < 4.78 is 3.85. The fourth-order valence-corrected chi connectivity index (χ4v) is 2.64. The van der Waals surface area contributed by atoms with Crippen LogP contribution in [0.15, 0.2) is 5.38 Å². The summed E-state index contributed by atoms with van der Waals surface area (Å²) in [6, 6.07) is 0.637. The van der Waals surface area contributed by atoms with Gasteiger partial charge in [0.25, 0.3) is 0 Å². The van der Waals surface area contributed by atoms with Gasteiger partial charge in [0, 0.05) is 29.5 Å². The molecule has 1 aliphatic heterocycles. The fourth-order valence-electron chi connectivity index (χ4n) is 1.33. The van der Waals surface area contributed by atoms with Crippen LogP contribution in [-0.4, -0.2) is 38.6 Å². The van der Waals surface area contributed by atoms with Crippen molar-refractivity contribution in [3.8, 4) is 12.3 Å². The number of hydrogen-bond donors (Lipinski definition) is 0. The molecular formula is C9H11N3S2. The Labute approximate surface area is 92.1 Å². The summed E-state index contributed by atoms with van der Waals surface area (Å²) in [5.41, 5.74) is 1.03. The van der Waals surface area contributed by atoms with Crippen LogP contribution >= 0.6 is 23.3 Å². The molecule has 0 aromatic carbocycles. The highest BCUT2D eigenvalue weighted by Gasteiger charge is 2.25. The van der Waals surface area contributed by atoms with E-state index in [0.717, 1.165) is 12.2 Å². The third-order valence-electron chi connectivity index (χ3n) is 2.20. The summed E-state index contributed by atoms with van der Waals surface area (Å²) in [7, 11) is 0. The first kappa shape index (κ1) is 9.97. The molecule has 0 spiro atoms. The van der Waals surface area contributed by atoms with Gasteiger partial charge in [0.05, 0.1) is 12.2 Å². The topological polar surface area (TPSA) is 29.0 Å². The van der Waals surface area contributed by atoms with Gasteiger partial charge in [0.1, 0.15) is 0 Å². The Bertz CT molecular complexity index is 313. The maximum absolute atomic E-state index is 5.34. The first-order valence-electron chi connectivity index (χ1n) is 4.41. The van der Waals surface area contributed by atoms with E-state index in [-0.39, 0.29) is 0 Å². The van der Waals surface area contributed by atoms with Crippen LogP contribution in [0.2, 0.25) is 0 Å². The highest BCUT2D eigenvalue weighted by Crippen LogP contribution is 2.24. The average molecular weight is 225 g/mol. The number of terminal acetylenes is 1. The van der Waals surface area contributed by atoms with Gasteiger partial charge in [-0.1, -0.05) is 10.4 Å². The maximum atomic E-state index is 5.34. The number of hydrogen-bond acceptors (Lipinski definition) is 5. The number of thioether (sulfide) groups is 1. The van der Waals surface area contributed by atoms with Crippen molar-refractivity contribution in [2.75, 3.05) is 18.1 Å². The molecule has 0 radical (unpaired) electrons. The standard InChI is InChI=1S/C9H11N3S2/c1-2-3-12(9-6-13-7-9)4-8-5-14-11-10-8/h1,5,9H,3-4,6-7H2. The number of nitrogens with zero attached hydrogens (tertiary/aromatic N) is 3. The molecule has 0 unspecified atom stereocenters. The summed E-state index contributed by atoms with van der Waals surface area (Å²) in [6.07, 6.45) is 5.34. The summed E-state index contributed by atoms with van der Waals surface area (Å²) in [5, 5.41) is 6.01. The molecule has 0 atom stereocenters. The minimum absolute atomic E-state index is 0.637. The van der Waals surface area contributed by atoms with Gasteiger partial charge in [0.2, 0.25) is 0 Å². The second-order valence-corrected chi connectivity index (χ2v) is 4.88. The van der Waals surface area contributed by atoms with Gasteiger partial charge in [-0.3, -0.25) is 4.90 Å². The molecule has 14 heavy (non-hydrogen) atoms. The zero-order valence-electron chi connectivity index (χ0n) is 7.72. The number of aromatic nitrogens is 2. The molecule has 0 amide bonds. The van der Waals surface area contributed by atoms with Crippen molar-refractivity contribution in [1.29, 1.82) is 0 Å². The average Bonchev–Trinajstić information content (AvgIpc) is 2.54. The van der Waals surface area contributed by atoms with Crippen molar-refractivity contribution in [1.82, 2.24) is 14.5 Å². The van der Waals surface area contributed by atoms with Crippen LogP contribution < -0.4 is 0 Å². The molecule has 5 heteroatoms. The summed E-state index contributed by atoms with van der Waals surface area (Å²) in [4.78, 5) is 2.30. The van der Waals surface area contributed by atoms with Crippen LogP contribution in [0.3, 0.4) is 0 Å². The van der Waals surface area contributed by atoms with Crippen LogP contribution in [-0.2, 0) is 6.54 Å². The second-order valence-electron chi connectivity index (χ2n) is 3.20. The molecule has 1 fully saturated rings. The van der Waals surface area contributed by atoms with E-state index >= 15 is 0 Å². The predicted molar refractivity (Wildman–Crippen MR) is 60.3 cm³/mol. The van der Waals surface area contributed by atoms with E-state index in [0.29, 0.717) is 12.6 Å². The molecular weight excluding hydrogens is 214 g/mol. The summed E-state index contributed by atoms with van der Waals surface area (Å²) in [5.74, 6) is 5.09. The van der Waals surface area contributed by atoms with Gasteiger partial charge in [-0.2, -0.15) is 11.8 Å². The van der Waals surface area contributed by atoms with Gasteiger partial charge in [-0.05, 0) is 11.5 Å². The molecule has 0 bridgehead atoms. The fraction of sp³-hybridized carbons (Fsp3) is 0.556. The molecule has 1 saturated heterocycles. The van der Waals surface area contributed by atoms with Crippen molar-refractivity contribution in [3.63, 3.8) is 0 Å². The van der Waals surface area contributed by atoms with Crippen LogP contribution in [0.1, 0.15) is 5.69 Å². The lowest BCUT2D eigenvalue weighted by atomic mass is 10.3. The highest BCUT2D eigenvalue weighted by atomic mass is 32.2. The Morgan fingerprint density at radius 3 is 3.00 bits per heavy atom. The van der Waals surface area contributed by atoms with Crippen molar-refractivity contribution < 1.29 is 0 Å². The van der Waals surface area contributed by atoms with Crippen LogP contribution in [0, 0.1) is 12.3 Å². The smallest absolute Gasteiger partial charge is 0.0896 e. The minimum Gasteiger partial charge on any atom is -0.282 e. The highest BCUT2D eigenvalue weighted by molar-refractivity contribution is 8.00. The Morgan fingerprint density at radius 2 is 2.50 bits per heavy atom. The van der Waals surface area contributed by atoms with E-state index in [4.69, 9.17) is 6.42 Å². The van der Waals surface area contributed by atoms with E-state index in [9.17, 15) is 0 Å². The Balaban J connectivity index is 1.94. The molecule has 74 valence electrons. The van der Waals surface area contributed by atoms with Crippen molar-refractivity contribution in [3.05, 3.63) is 11.1 Å². The molecule has 2 heterocycles. The third kappa shape index (κ3) is 2.27. The van der Waals surface area contributed by atoms with Crippen LogP contribution in [0.4, 0.5) is 0 Å². The molecule has 2 rings (SSSR count). The Kier molecular flexibility index (Phi) is 3.40. The lowest BCUT2D eigenvalue weighted by Crippen LogP contribution is -2.44. The zero-order valence-corrected chi connectivity index (χ0v) is 9.35. The first-order valence-corrected chi connectivity index (χ1v) is 6.40. The molecule has 0 aliphatic carbocycles. The largest absolute Gasteiger partial charge is 0.282 e. The monoisotopic (exact) mass is 225 g/mol. The summed E-state index contributed by atoms with van der Waals surface area (Å²) in [6.45, 7) is 1.55. The normalized spacial score (nSPS) is 16.6. The Morgan fingerprint density at radius 1 is 1.64 bits per heavy atom. The second kappa shape index (κ2) is 4.78. The van der Waals surface area contributed by atoms with Gasteiger partial charge in [-0.25, -0.2) is 0 Å². The Hall–Kier alpha value is -0.570. The van der Waals surface area contributed by atoms with Crippen molar-refractivity contribution >= 4 is 23.3 Å². The van der Waals surface area contributed by atoms with E-state index in [1.165, 1.54) is 23.0 Å². The van der Waals surface area contributed by atoms with Crippen molar-refractivity contribution in [2.45, 2.75) is 12.6 Å². The van der Waals surface area contributed by atoms with Crippen molar-refractivity contribution in [2.24, 2.45) is 0 Å². The van der Waals surface area contributed by atoms with Crippen LogP contribution in [0.5, 0.6) is 0 Å². The number of rotatable bonds is 4. The maximum Gasteiger partial charge on any atom is 0.0896 e. The zero-order chi connectivity index (χ0) is 9.80. The van der Waals surface area contributed by atoms with E-state index < -0.39 is 0 Å². The summed E-state index contributed by atoms with van der Waals surface area (Å²) >= 11 is 3.36. The van der Waals surface area contributed by atoms with Gasteiger partial charge in [0.15, 0.2) is 0 Å².